The fraction of sp³-hybridized carbons (Fsp3) is 0.438. The number of anilines is 1. The molecule has 2 amide bonds. The molecule has 1 saturated heterocycles. The maximum atomic E-state index is 12.4. The highest BCUT2D eigenvalue weighted by Crippen LogP contribution is 2.25. The Kier molecular flexibility index (Phi) is 4.80. The third-order valence-electron chi connectivity index (χ3n) is 3.87. The molecule has 2 N–H and O–H groups in total. The zero-order valence-corrected chi connectivity index (χ0v) is 12.7. The Labute approximate surface area is 129 Å². The van der Waals surface area contributed by atoms with Gasteiger partial charge in [-0.15, -0.1) is 0 Å². The Bertz CT molecular complexity index is 582. The third-order valence-corrected chi connectivity index (χ3v) is 3.87. The fourth-order valence-electron chi connectivity index (χ4n) is 2.37. The van der Waals surface area contributed by atoms with E-state index >= 15 is 0 Å². The lowest BCUT2D eigenvalue weighted by molar-refractivity contribution is -0.141. The van der Waals surface area contributed by atoms with Crippen molar-refractivity contribution in [1.82, 2.24) is 5.32 Å². The first-order valence-corrected chi connectivity index (χ1v) is 7.28. The van der Waals surface area contributed by atoms with E-state index in [1.165, 1.54) is 6.92 Å². The van der Waals surface area contributed by atoms with Gasteiger partial charge in [-0.1, -0.05) is 24.6 Å². The van der Waals surface area contributed by atoms with Crippen molar-refractivity contribution in [2.24, 2.45) is 11.8 Å². The first-order chi connectivity index (χ1) is 10.4. The molecule has 0 radical (unpaired) electrons. The van der Waals surface area contributed by atoms with Crippen LogP contribution in [0.25, 0.3) is 0 Å². The lowest BCUT2D eigenvalue weighted by atomic mass is 10.1. The summed E-state index contributed by atoms with van der Waals surface area (Å²) in [5, 5.41) is 11.3. The van der Waals surface area contributed by atoms with E-state index in [0.717, 1.165) is 11.3 Å². The van der Waals surface area contributed by atoms with Crippen LogP contribution in [0.4, 0.5) is 5.69 Å². The monoisotopic (exact) mass is 304 g/mol. The van der Waals surface area contributed by atoms with Gasteiger partial charge >= 0.3 is 5.97 Å². The van der Waals surface area contributed by atoms with Gasteiger partial charge in [0.1, 0.15) is 5.92 Å². The normalized spacial score (nSPS) is 19.1. The summed E-state index contributed by atoms with van der Waals surface area (Å²) >= 11 is 0. The van der Waals surface area contributed by atoms with Gasteiger partial charge in [0.2, 0.25) is 11.8 Å². The number of aryl methyl sites for hydroxylation is 1. The van der Waals surface area contributed by atoms with E-state index < -0.39 is 23.7 Å². The average molecular weight is 304 g/mol. The molecule has 22 heavy (non-hydrogen) atoms. The Balaban J connectivity index is 1.97. The average Bonchev–Trinajstić information content (AvgIpc) is 2.87. The highest BCUT2D eigenvalue weighted by Gasteiger charge is 2.37. The Hall–Kier alpha value is -2.37. The third kappa shape index (κ3) is 3.44. The van der Waals surface area contributed by atoms with Gasteiger partial charge in [0.15, 0.2) is 0 Å². The summed E-state index contributed by atoms with van der Waals surface area (Å²) in [4.78, 5) is 36.8. The summed E-state index contributed by atoms with van der Waals surface area (Å²) in [6, 6.07) is 7.56. The number of nitrogens with one attached hydrogen (secondary N) is 1. The zero-order chi connectivity index (χ0) is 16.3. The number of amides is 2. The quantitative estimate of drug-likeness (QED) is 0.800. The van der Waals surface area contributed by atoms with Crippen molar-refractivity contribution in [2.75, 3.05) is 18.0 Å². The summed E-state index contributed by atoms with van der Waals surface area (Å²) in [6.07, 6.45) is 0.444. The van der Waals surface area contributed by atoms with Crippen molar-refractivity contribution in [3.8, 4) is 0 Å². The highest BCUT2D eigenvalue weighted by molar-refractivity contribution is 6.09. The van der Waals surface area contributed by atoms with Gasteiger partial charge in [0, 0.05) is 18.8 Å². The van der Waals surface area contributed by atoms with E-state index in [1.807, 2.05) is 31.2 Å². The molecular formula is C16H20N2O4. The van der Waals surface area contributed by atoms with Crippen molar-refractivity contribution >= 4 is 23.5 Å². The fourth-order valence-corrected chi connectivity index (χ4v) is 2.37. The van der Waals surface area contributed by atoms with Crippen LogP contribution >= 0.6 is 0 Å². The number of carboxylic acids is 1. The van der Waals surface area contributed by atoms with Crippen LogP contribution in [0.3, 0.4) is 0 Å². The van der Waals surface area contributed by atoms with Gasteiger partial charge < -0.3 is 15.3 Å². The minimum absolute atomic E-state index is 0.0302. The zero-order valence-electron chi connectivity index (χ0n) is 12.7. The van der Waals surface area contributed by atoms with E-state index in [9.17, 15) is 14.4 Å². The number of hydrogen-bond acceptors (Lipinski definition) is 3. The molecular weight excluding hydrogens is 284 g/mol. The van der Waals surface area contributed by atoms with Crippen LogP contribution in [-0.2, 0) is 14.4 Å². The number of rotatable bonds is 5. The summed E-state index contributed by atoms with van der Waals surface area (Å²) in [5.41, 5.74) is 1.89. The molecule has 2 rings (SSSR count). The molecule has 0 aliphatic carbocycles. The van der Waals surface area contributed by atoms with E-state index in [1.54, 1.807) is 4.90 Å². The second-order valence-corrected chi connectivity index (χ2v) is 5.65. The van der Waals surface area contributed by atoms with E-state index in [0.29, 0.717) is 13.0 Å². The van der Waals surface area contributed by atoms with E-state index in [2.05, 4.69) is 5.32 Å². The topological polar surface area (TPSA) is 86.7 Å². The van der Waals surface area contributed by atoms with Crippen LogP contribution in [0.2, 0.25) is 0 Å². The van der Waals surface area contributed by atoms with Gasteiger partial charge in [0.05, 0.1) is 5.92 Å². The molecule has 118 valence electrons. The van der Waals surface area contributed by atoms with Crippen molar-refractivity contribution in [3.63, 3.8) is 0 Å². The number of carbonyl (C=O) groups excluding carboxylic acids is 2. The SMILES string of the molecule is Cc1ccc(N2CC[C@H](C(=O)NC[C@@H](C)C(=O)O)C2=O)cc1. The summed E-state index contributed by atoms with van der Waals surface area (Å²) in [7, 11) is 0. The molecule has 6 nitrogen and oxygen atoms in total. The lowest BCUT2D eigenvalue weighted by Gasteiger charge is -2.17. The Morgan fingerprint density at radius 2 is 2.00 bits per heavy atom. The van der Waals surface area contributed by atoms with Crippen molar-refractivity contribution < 1.29 is 19.5 Å². The number of carboxylic acid groups (broad SMARTS) is 1. The van der Waals surface area contributed by atoms with Gasteiger partial charge in [-0.3, -0.25) is 14.4 Å². The van der Waals surface area contributed by atoms with Crippen molar-refractivity contribution in [3.05, 3.63) is 29.8 Å². The smallest absolute Gasteiger partial charge is 0.308 e. The molecule has 1 aromatic carbocycles. The van der Waals surface area contributed by atoms with Gasteiger partial charge in [-0.05, 0) is 25.5 Å². The Morgan fingerprint density at radius 1 is 1.36 bits per heavy atom. The number of carbonyl (C=O) groups is 3. The molecule has 2 atom stereocenters. The second-order valence-electron chi connectivity index (χ2n) is 5.65. The van der Waals surface area contributed by atoms with E-state index in [4.69, 9.17) is 5.11 Å². The molecule has 1 aromatic rings. The van der Waals surface area contributed by atoms with E-state index in [-0.39, 0.29) is 12.5 Å². The van der Waals surface area contributed by atoms with Crippen LogP contribution in [0, 0.1) is 18.8 Å². The first kappa shape index (κ1) is 16.0. The minimum Gasteiger partial charge on any atom is -0.481 e. The molecule has 1 fully saturated rings. The van der Waals surface area contributed by atoms with Crippen LogP contribution in [0.15, 0.2) is 24.3 Å². The molecule has 0 bridgehead atoms. The molecule has 0 aromatic heterocycles. The minimum atomic E-state index is -0.973. The van der Waals surface area contributed by atoms with Crippen LogP contribution in [0.1, 0.15) is 18.9 Å². The first-order valence-electron chi connectivity index (χ1n) is 7.28. The number of hydrogen-bond donors (Lipinski definition) is 2. The van der Waals surface area contributed by atoms with Gasteiger partial charge in [-0.2, -0.15) is 0 Å². The largest absolute Gasteiger partial charge is 0.481 e. The predicted octanol–water partition coefficient (Wildman–Crippen LogP) is 1.18. The van der Waals surface area contributed by atoms with Crippen molar-refractivity contribution in [2.45, 2.75) is 20.3 Å². The highest BCUT2D eigenvalue weighted by atomic mass is 16.4. The maximum absolute atomic E-state index is 12.4. The maximum Gasteiger partial charge on any atom is 0.308 e. The van der Waals surface area contributed by atoms with Gasteiger partial charge in [0.25, 0.3) is 0 Å². The molecule has 0 unspecified atom stereocenters. The summed E-state index contributed by atoms with van der Waals surface area (Å²) in [5.74, 6) is -3.01. The number of benzene rings is 1. The summed E-state index contributed by atoms with van der Waals surface area (Å²) in [6.45, 7) is 4.00. The van der Waals surface area contributed by atoms with Crippen LogP contribution in [0.5, 0.6) is 0 Å². The number of aliphatic carboxylic acids is 1. The lowest BCUT2D eigenvalue weighted by Crippen LogP contribution is -2.39. The molecule has 6 heteroatoms. The number of nitrogens with zero attached hydrogens (tertiary/aromatic N) is 1. The molecule has 0 saturated carbocycles. The van der Waals surface area contributed by atoms with Crippen molar-refractivity contribution in [1.29, 1.82) is 0 Å². The molecule has 1 aliphatic heterocycles. The standard InChI is InChI=1S/C16H20N2O4/c1-10-3-5-12(6-4-10)18-8-7-13(15(18)20)14(19)17-9-11(2)16(21)22/h3-6,11,13H,7-9H2,1-2H3,(H,17,19)(H,21,22)/t11-,13-/m1/s1. The van der Waals surface area contributed by atoms with Crippen LogP contribution < -0.4 is 10.2 Å². The molecule has 0 spiro atoms. The molecule has 1 heterocycles. The van der Waals surface area contributed by atoms with Crippen LogP contribution in [-0.4, -0.2) is 36.0 Å². The molecule has 1 aliphatic rings. The van der Waals surface area contributed by atoms with Gasteiger partial charge in [-0.25, -0.2) is 0 Å². The second kappa shape index (κ2) is 6.60. The predicted molar refractivity (Wildman–Crippen MR) is 81.4 cm³/mol. The Morgan fingerprint density at radius 3 is 2.59 bits per heavy atom. The summed E-state index contributed by atoms with van der Waals surface area (Å²) < 4.78 is 0.